The quantitative estimate of drug-likeness (QED) is 0.674. The average molecular weight is 283 g/mol. The maximum atomic E-state index is 10.4. The van der Waals surface area contributed by atoms with Crippen LogP contribution >= 0.6 is 0 Å². The SMILES string of the molecule is CCC(NCC(C)O)C(O)c1ccc(OC)c(OC)c1. The van der Waals surface area contributed by atoms with E-state index in [0.717, 1.165) is 12.0 Å². The second kappa shape index (κ2) is 8.09. The van der Waals surface area contributed by atoms with Gasteiger partial charge in [0.05, 0.1) is 26.4 Å². The molecule has 0 aliphatic heterocycles. The number of ether oxygens (including phenoxy) is 2. The van der Waals surface area contributed by atoms with Crippen molar-refractivity contribution in [2.45, 2.75) is 38.5 Å². The van der Waals surface area contributed by atoms with Gasteiger partial charge in [-0.1, -0.05) is 13.0 Å². The fourth-order valence-corrected chi connectivity index (χ4v) is 2.07. The van der Waals surface area contributed by atoms with Gasteiger partial charge >= 0.3 is 0 Å². The third-order valence-electron chi connectivity index (χ3n) is 3.25. The molecular formula is C15H25NO4. The van der Waals surface area contributed by atoms with Crippen molar-refractivity contribution >= 4 is 0 Å². The number of rotatable bonds is 8. The number of aliphatic hydroxyl groups excluding tert-OH is 2. The standard InChI is InChI=1S/C15H25NO4/c1-5-12(16-9-10(2)17)15(18)11-6-7-13(19-3)14(8-11)20-4/h6-8,10,12,15-18H,5,9H2,1-4H3. The summed E-state index contributed by atoms with van der Waals surface area (Å²) in [5.74, 6) is 1.22. The van der Waals surface area contributed by atoms with Gasteiger partial charge in [-0.25, -0.2) is 0 Å². The Morgan fingerprint density at radius 1 is 1.15 bits per heavy atom. The lowest BCUT2D eigenvalue weighted by molar-refractivity contribution is 0.112. The third kappa shape index (κ3) is 4.37. The molecule has 5 heteroatoms. The minimum atomic E-state index is -0.668. The van der Waals surface area contributed by atoms with Gasteiger partial charge in [-0.2, -0.15) is 0 Å². The molecule has 0 aliphatic carbocycles. The number of benzene rings is 1. The van der Waals surface area contributed by atoms with Crippen LogP contribution in [0.3, 0.4) is 0 Å². The molecule has 1 aromatic rings. The minimum absolute atomic E-state index is 0.122. The largest absolute Gasteiger partial charge is 0.493 e. The van der Waals surface area contributed by atoms with E-state index < -0.39 is 12.2 Å². The summed E-state index contributed by atoms with van der Waals surface area (Å²) in [7, 11) is 3.14. The maximum absolute atomic E-state index is 10.4. The van der Waals surface area contributed by atoms with Gasteiger partial charge in [-0.3, -0.25) is 0 Å². The fourth-order valence-electron chi connectivity index (χ4n) is 2.07. The second-order valence-electron chi connectivity index (χ2n) is 4.83. The molecule has 0 spiro atoms. The Hall–Kier alpha value is -1.30. The first kappa shape index (κ1) is 16.8. The van der Waals surface area contributed by atoms with Crippen LogP contribution in [0.5, 0.6) is 11.5 Å². The van der Waals surface area contributed by atoms with Crippen molar-refractivity contribution < 1.29 is 19.7 Å². The van der Waals surface area contributed by atoms with Crippen molar-refractivity contribution in [2.24, 2.45) is 0 Å². The topological polar surface area (TPSA) is 71.0 Å². The molecule has 0 heterocycles. The number of nitrogens with one attached hydrogen (secondary N) is 1. The van der Waals surface area contributed by atoms with Crippen LogP contribution in [0.15, 0.2) is 18.2 Å². The summed E-state index contributed by atoms with van der Waals surface area (Å²) in [6.45, 7) is 4.15. The Morgan fingerprint density at radius 3 is 2.30 bits per heavy atom. The van der Waals surface area contributed by atoms with Crippen LogP contribution in [0.1, 0.15) is 31.9 Å². The van der Waals surface area contributed by atoms with Crippen LogP contribution in [-0.4, -0.2) is 43.1 Å². The van der Waals surface area contributed by atoms with E-state index >= 15 is 0 Å². The highest BCUT2D eigenvalue weighted by Gasteiger charge is 2.20. The summed E-state index contributed by atoms with van der Waals surface area (Å²) >= 11 is 0. The van der Waals surface area contributed by atoms with Gasteiger partial charge in [0.25, 0.3) is 0 Å². The lowest BCUT2D eigenvalue weighted by atomic mass is 9.99. The Labute approximate surface area is 120 Å². The Morgan fingerprint density at radius 2 is 1.80 bits per heavy atom. The van der Waals surface area contributed by atoms with Crippen LogP contribution in [-0.2, 0) is 0 Å². The highest BCUT2D eigenvalue weighted by atomic mass is 16.5. The Balaban J connectivity index is 2.86. The van der Waals surface area contributed by atoms with Gasteiger partial charge in [0.15, 0.2) is 11.5 Å². The fraction of sp³-hybridized carbons (Fsp3) is 0.600. The van der Waals surface area contributed by atoms with E-state index in [0.29, 0.717) is 18.0 Å². The van der Waals surface area contributed by atoms with Crippen LogP contribution in [0, 0.1) is 0 Å². The van der Waals surface area contributed by atoms with E-state index in [1.54, 1.807) is 33.3 Å². The number of aliphatic hydroxyl groups is 2. The van der Waals surface area contributed by atoms with Crippen molar-refractivity contribution in [3.63, 3.8) is 0 Å². The smallest absolute Gasteiger partial charge is 0.161 e. The molecule has 114 valence electrons. The summed E-state index contributed by atoms with van der Waals surface area (Å²) < 4.78 is 10.4. The molecule has 0 aromatic heterocycles. The van der Waals surface area contributed by atoms with Crippen molar-refractivity contribution in [2.75, 3.05) is 20.8 Å². The summed E-state index contributed by atoms with van der Waals surface area (Å²) in [4.78, 5) is 0. The van der Waals surface area contributed by atoms with E-state index in [4.69, 9.17) is 9.47 Å². The molecule has 0 saturated heterocycles. The maximum Gasteiger partial charge on any atom is 0.161 e. The lowest BCUT2D eigenvalue weighted by Crippen LogP contribution is -2.38. The Bertz CT molecular complexity index is 409. The number of hydrogen-bond acceptors (Lipinski definition) is 5. The normalized spacial score (nSPS) is 15.5. The second-order valence-corrected chi connectivity index (χ2v) is 4.83. The average Bonchev–Trinajstić information content (AvgIpc) is 2.46. The molecule has 0 bridgehead atoms. The molecule has 0 radical (unpaired) electrons. The molecule has 3 unspecified atom stereocenters. The first-order valence-corrected chi connectivity index (χ1v) is 6.84. The monoisotopic (exact) mass is 283 g/mol. The molecule has 1 aromatic carbocycles. The van der Waals surface area contributed by atoms with E-state index in [2.05, 4.69) is 5.32 Å². The van der Waals surface area contributed by atoms with Crippen LogP contribution in [0.25, 0.3) is 0 Å². The molecule has 0 amide bonds. The number of hydrogen-bond donors (Lipinski definition) is 3. The molecular weight excluding hydrogens is 258 g/mol. The summed E-state index contributed by atoms with van der Waals surface area (Å²) in [5, 5.41) is 22.9. The highest BCUT2D eigenvalue weighted by molar-refractivity contribution is 5.43. The molecule has 3 N–H and O–H groups in total. The molecule has 0 saturated carbocycles. The molecule has 3 atom stereocenters. The van der Waals surface area contributed by atoms with Crippen molar-refractivity contribution in [3.05, 3.63) is 23.8 Å². The van der Waals surface area contributed by atoms with Crippen LogP contribution in [0.4, 0.5) is 0 Å². The zero-order valence-electron chi connectivity index (χ0n) is 12.6. The zero-order chi connectivity index (χ0) is 15.1. The number of methoxy groups -OCH3 is 2. The van der Waals surface area contributed by atoms with Crippen molar-refractivity contribution in [3.8, 4) is 11.5 Å². The summed E-state index contributed by atoms with van der Waals surface area (Å²) in [5.41, 5.74) is 0.757. The van der Waals surface area contributed by atoms with Crippen LogP contribution < -0.4 is 14.8 Å². The van der Waals surface area contributed by atoms with Gasteiger partial charge in [0.2, 0.25) is 0 Å². The molecule has 0 fully saturated rings. The summed E-state index contributed by atoms with van der Waals surface area (Å²) in [6, 6.07) is 5.25. The van der Waals surface area contributed by atoms with Gasteiger partial charge in [-0.15, -0.1) is 0 Å². The molecule has 5 nitrogen and oxygen atoms in total. The third-order valence-corrected chi connectivity index (χ3v) is 3.25. The van der Waals surface area contributed by atoms with Gasteiger partial charge in [-0.05, 0) is 31.0 Å². The lowest BCUT2D eigenvalue weighted by Gasteiger charge is -2.24. The first-order valence-electron chi connectivity index (χ1n) is 6.84. The predicted molar refractivity (Wildman–Crippen MR) is 78.3 cm³/mol. The van der Waals surface area contributed by atoms with E-state index in [1.165, 1.54) is 0 Å². The van der Waals surface area contributed by atoms with Crippen LogP contribution in [0.2, 0.25) is 0 Å². The predicted octanol–water partition coefficient (Wildman–Crippen LogP) is 1.49. The molecule has 20 heavy (non-hydrogen) atoms. The molecule has 1 rings (SSSR count). The van der Waals surface area contributed by atoms with Gasteiger partial charge in [0, 0.05) is 12.6 Å². The van der Waals surface area contributed by atoms with Gasteiger partial charge in [0.1, 0.15) is 0 Å². The van der Waals surface area contributed by atoms with Crippen molar-refractivity contribution in [1.29, 1.82) is 0 Å². The van der Waals surface area contributed by atoms with E-state index in [-0.39, 0.29) is 6.04 Å². The van der Waals surface area contributed by atoms with Crippen molar-refractivity contribution in [1.82, 2.24) is 5.32 Å². The summed E-state index contributed by atoms with van der Waals surface area (Å²) in [6.07, 6.45) is -0.359. The van der Waals surface area contributed by atoms with Gasteiger partial charge < -0.3 is 25.0 Å². The molecule has 0 aliphatic rings. The van der Waals surface area contributed by atoms with E-state index in [1.807, 2.05) is 13.0 Å². The zero-order valence-corrected chi connectivity index (χ0v) is 12.6. The first-order chi connectivity index (χ1) is 9.53. The Kier molecular flexibility index (Phi) is 6.78. The minimum Gasteiger partial charge on any atom is -0.493 e. The highest BCUT2D eigenvalue weighted by Crippen LogP contribution is 2.31. The van der Waals surface area contributed by atoms with E-state index in [9.17, 15) is 10.2 Å².